The molecule has 2 heteroatoms. The minimum absolute atomic E-state index is 0.293. The maximum absolute atomic E-state index is 6.10. The van der Waals surface area contributed by atoms with Crippen molar-refractivity contribution >= 4 is 0 Å². The van der Waals surface area contributed by atoms with Gasteiger partial charge in [0, 0.05) is 25.0 Å². The lowest BCUT2D eigenvalue weighted by atomic mass is 9.92. The zero-order valence-electron chi connectivity index (χ0n) is 9.71. The van der Waals surface area contributed by atoms with Crippen LogP contribution >= 0.6 is 0 Å². The van der Waals surface area contributed by atoms with Gasteiger partial charge >= 0.3 is 0 Å². The van der Waals surface area contributed by atoms with Crippen molar-refractivity contribution in [1.29, 1.82) is 0 Å². The molecule has 1 unspecified atom stereocenters. The molecule has 0 amide bonds. The predicted octanol–water partition coefficient (Wildman–Crippen LogP) is 3.01. The summed E-state index contributed by atoms with van der Waals surface area (Å²) >= 11 is 0. The smallest absolute Gasteiger partial charge is 0.0312 e. The van der Waals surface area contributed by atoms with E-state index in [0.717, 1.165) is 13.0 Å². The van der Waals surface area contributed by atoms with E-state index in [4.69, 9.17) is 5.73 Å². The highest BCUT2D eigenvalue weighted by Gasteiger charge is 2.18. The molecule has 0 saturated carbocycles. The van der Waals surface area contributed by atoms with Crippen LogP contribution < -0.4 is 5.73 Å². The van der Waals surface area contributed by atoms with Crippen molar-refractivity contribution in [2.75, 3.05) is 0 Å². The lowest BCUT2D eigenvalue weighted by molar-refractivity contribution is 0.572. The quantitative estimate of drug-likeness (QED) is 0.754. The number of aryl methyl sites for hydroxylation is 2. The summed E-state index contributed by atoms with van der Waals surface area (Å²) in [5.74, 6) is 0. The largest absolute Gasteiger partial charge is 0.354 e. The molecule has 0 bridgehead atoms. The zero-order chi connectivity index (χ0) is 10.7. The van der Waals surface area contributed by atoms with Gasteiger partial charge in [0.25, 0.3) is 0 Å². The van der Waals surface area contributed by atoms with Crippen LogP contribution in [0.25, 0.3) is 0 Å². The molecule has 84 valence electrons. The first kappa shape index (κ1) is 10.7. The summed E-state index contributed by atoms with van der Waals surface area (Å²) in [6, 6.07) is 0.293. The second kappa shape index (κ2) is 4.84. The molecule has 1 aromatic rings. The second-order valence-corrected chi connectivity index (χ2v) is 4.68. The second-order valence-electron chi connectivity index (χ2n) is 4.68. The Kier molecular flexibility index (Phi) is 3.47. The standard InChI is InChI=1S/C13H22N2/c1-2-3-4-8-15-9-11-6-5-7-13(14)12(11)10-15/h9-10,13H,2-8,14H2,1H3. The number of hydrogen-bond donors (Lipinski definition) is 1. The highest BCUT2D eigenvalue weighted by atomic mass is 14.9. The van der Waals surface area contributed by atoms with Crippen molar-refractivity contribution in [3.8, 4) is 0 Å². The van der Waals surface area contributed by atoms with E-state index in [9.17, 15) is 0 Å². The molecule has 0 aliphatic heterocycles. The molecule has 1 heterocycles. The van der Waals surface area contributed by atoms with E-state index in [1.54, 1.807) is 0 Å². The fourth-order valence-electron chi connectivity index (χ4n) is 2.46. The first-order valence-corrected chi connectivity index (χ1v) is 6.25. The Hall–Kier alpha value is -0.760. The van der Waals surface area contributed by atoms with Gasteiger partial charge in [-0.3, -0.25) is 0 Å². The summed E-state index contributed by atoms with van der Waals surface area (Å²) in [6.07, 6.45) is 12.1. The van der Waals surface area contributed by atoms with Gasteiger partial charge in [-0.2, -0.15) is 0 Å². The molecule has 0 fully saturated rings. The summed E-state index contributed by atoms with van der Waals surface area (Å²) in [4.78, 5) is 0. The average Bonchev–Trinajstić information content (AvgIpc) is 2.63. The van der Waals surface area contributed by atoms with Crippen molar-refractivity contribution in [3.05, 3.63) is 23.5 Å². The van der Waals surface area contributed by atoms with Crippen molar-refractivity contribution < 1.29 is 0 Å². The van der Waals surface area contributed by atoms with E-state index < -0.39 is 0 Å². The van der Waals surface area contributed by atoms with E-state index in [-0.39, 0.29) is 0 Å². The number of aromatic nitrogens is 1. The fraction of sp³-hybridized carbons (Fsp3) is 0.692. The summed E-state index contributed by atoms with van der Waals surface area (Å²) in [7, 11) is 0. The minimum Gasteiger partial charge on any atom is -0.354 e. The summed E-state index contributed by atoms with van der Waals surface area (Å²) in [6.45, 7) is 3.41. The molecule has 2 rings (SSSR count). The molecule has 15 heavy (non-hydrogen) atoms. The first-order valence-electron chi connectivity index (χ1n) is 6.25. The Morgan fingerprint density at radius 1 is 1.40 bits per heavy atom. The van der Waals surface area contributed by atoms with Gasteiger partial charge in [0.15, 0.2) is 0 Å². The van der Waals surface area contributed by atoms with Gasteiger partial charge in [-0.25, -0.2) is 0 Å². The van der Waals surface area contributed by atoms with Crippen LogP contribution in [0, 0.1) is 0 Å². The molecule has 1 atom stereocenters. The molecule has 0 radical (unpaired) electrons. The van der Waals surface area contributed by atoms with Crippen molar-refractivity contribution in [2.45, 2.75) is 58.0 Å². The van der Waals surface area contributed by atoms with Crippen molar-refractivity contribution in [2.24, 2.45) is 5.73 Å². The average molecular weight is 206 g/mol. The molecule has 1 aromatic heterocycles. The number of hydrogen-bond acceptors (Lipinski definition) is 1. The molecule has 0 saturated heterocycles. The normalized spacial score (nSPS) is 20.3. The van der Waals surface area contributed by atoms with Gasteiger partial charge in [0.2, 0.25) is 0 Å². The SMILES string of the molecule is CCCCCn1cc2c(c1)C(N)CCC2. The van der Waals surface area contributed by atoms with Gasteiger partial charge in [0.05, 0.1) is 0 Å². The Morgan fingerprint density at radius 3 is 3.00 bits per heavy atom. The summed E-state index contributed by atoms with van der Waals surface area (Å²) < 4.78 is 2.34. The van der Waals surface area contributed by atoms with Crippen LogP contribution in [-0.2, 0) is 13.0 Å². The predicted molar refractivity (Wildman–Crippen MR) is 63.8 cm³/mol. The molecular weight excluding hydrogens is 184 g/mol. The fourth-order valence-corrected chi connectivity index (χ4v) is 2.46. The van der Waals surface area contributed by atoms with Crippen LogP contribution in [0.4, 0.5) is 0 Å². The van der Waals surface area contributed by atoms with E-state index in [0.29, 0.717) is 6.04 Å². The number of rotatable bonds is 4. The third-order valence-corrected chi connectivity index (χ3v) is 3.38. The highest BCUT2D eigenvalue weighted by molar-refractivity contribution is 5.29. The van der Waals surface area contributed by atoms with Gasteiger partial charge in [-0.15, -0.1) is 0 Å². The van der Waals surface area contributed by atoms with Gasteiger partial charge in [-0.05, 0) is 36.8 Å². The van der Waals surface area contributed by atoms with Crippen molar-refractivity contribution in [3.63, 3.8) is 0 Å². The molecule has 2 N–H and O–H groups in total. The topological polar surface area (TPSA) is 30.9 Å². The highest BCUT2D eigenvalue weighted by Crippen LogP contribution is 2.28. The third-order valence-electron chi connectivity index (χ3n) is 3.38. The Morgan fingerprint density at radius 2 is 2.27 bits per heavy atom. The molecule has 1 aliphatic carbocycles. The number of nitrogens with two attached hydrogens (primary N) is 1. The van der Waals surface area contributed by atoms with Gasteiger partial charge in [-0.1, -0.05) is 19.8 Å². The number of nitrogens with zero attached hydrogens (tertiary/aromatic N) is 1. The van der Waals surface area contributed by atoms with Crippen LogP contribution in [0.5, 0.6) is 0 Å². The van der Waals surface area contributed by atoms with E-state index >= 15 is 0 Å². The molecule has 2 nitrogen and oxygen atoms in total. The Labute approximate surface area is 92.5 Å². The Bertz CT molecular complexity index is 314. The van der Waals surface area contributed by atoms with Crippen molar-refractivity contribution in [1.82, 2.24) is 4.57 Å². The maximum Gasteiger partial charge on any atom is 0.0312 e. The lowest BCUT2D eigenvalue weighted by Crippen LogP contribution is -2.15. The van der Waals surface area contributed by atoms with Gasteiger partial charge in [0.1, 0.15) is 0 Å². The molecule has 0 spiro atoms. The molecular formula is C13H22N2. The van der Waals surface area contributed by atoms with Crippen LogP contribution in [0.2, 0.25) is 0 Å². The van der Waals surface area contributed by atoms with Crippen LogP contribution in [0.15, 0.2) is 12.4 Å². The number of unbranched alkanes of at least 4 members (excludes halogenated alkanes) is 2. The third kappa shape index (κ3) is 2.43. The van der Waals surface area contributed by atoms with Crippen LogP contribution in [-0.4, -0.2) is 4.57 Å². The van der Waals surface area contributed by atoms with E-state index in [2.05, 4.69) is 23.9 Å². The zero-order valence-corrected chi connectivity index (χ0v) is 9.71. The van der Waals surface area contributed by atoms with E-state index in [1.807, 2.05) is 0 Å². The number of fused-ring (bicyclic) bond motifs is 1. The van der Waals surface area contributed by atoms with Gasteiger partial charge < -0.3 is 10.3 Å². The van der Waals surface area contributed by atoms with Crippen LogP contribution in [0.1, 0.15) is 56.2 Å². The molecule has 1 aliphatic rings. The summed E-state index contributed by atoms with van der Waals surface area (Å²) in [5.41, 5.74) is 8.99. The monoisotopic (exact) mass is 206 g/mol. The van der Waals surface area contributed by atoms with E-state index in [1.165, 1.54) is 43.2 Å². The van der Waals surface area contributed by atoms with Crippen LogP contribution in [0.3, 0.4) is 0 Å². The summed E-state index contributed by atoms with van der Waals surface area (Å²) in [5, 5.41) is 0. The lowest BCUT2D eigenvalue weighted by Gasteiger charge is -2.17. The minimum atomic E-state index is 0.293. The molecule has 0 aromatic carbocycles. The first-order chi connectivity index (χ1) is 7.31. The Balaban J connectivity index is 2.01. The maximum atomic E-state index is 6.10.